The quantitative estimate of drug-likeness (QED) is 0.137. The molecule has 11 heteroatoms. The Hall–Kier alpha value is -4.19. The fourth-order valence-corrected chi connectivity index (χ4v) is 4.93. The number of hydrogen-bond acceptors (Lipinski definition) is 10. The molecule has 1 fully saturated rings. The van der Waals surface area contributed by atoms with Gasteiger partial charge in [0, 0.05) is 20.0 Å². The highest BCUT2D eigenvalue weighted by Crippen LogP contribution is 2.27. The molecule has 46 heavy (non-hydrogen) atoms. The summed E-state index contributed by atoms with van der Waals surface area (Å²) in [7, 11) is 0. The van der Waals surface area contributed by atoms with Crippen molar-refractivity contribution in [3.8, 4) is 0 Å². The van der Waals surface area contributed by atoms with Crippen molar-refractivity contribution in [2.24, 2.45) is 11.8 Å². The first-order valence-corrected chi connectivity index (χ1v) is 15.4. The summed E-state index contributed by atoms with van der Waals surface area (Å²) in [5.41, 5.74) is 1.66. The molecule has 1 saturated heterocycles. The van der Waals surface area contributed by atoms with Crippen molar-refractivity contribution < 1.29 is 48.0 Å². The zero-order valence-corrected chi connectivity index (χ0v) is 26.5. The monoisotopic (exact) mass is 637 g/mol. The molecule has 0 spiro atoms. The van der Waals surface area contributed by atoms with E-state index in [1.807, 2.05) is 44.2 Å². The molecule has 0 aliphatic carbocycles. The molecule has 1 aliphatic heterocycles. The first-order valence-electron chi connectivity index (χ1n) is 15.4. The number of carbonyl (C=O) groups excluding carboxylic acids is 5. The van der Waals surface area contributed by atoms with Crippen LogP contribution in [0.2, 0.25) is 0 Å². The second kappa shape index (κ2) is 18.7. The predicted molar refractivity (Wildman–Crippen MR) is 167 cm³/mol. The number of hydrogen-bond donors (Lipinski definition) is 1. The Morgan fingerprint density at radius 1 is 1.00 bits per heavy atom. The summed E-state index contributed by atoms with van der Waals surface area (Å²) < 4.78 is 21.8. The van der Waals surface area contributed by atoms with Crippen LogP contribution in [0, 0.1) is 11.8 Å². The van der Waals surface area contributed by atoms with Crippen molar-refractivity contribution >= 4 is 29.5 Å². The van der Waals surface area contributed by atoms with Crippen LogP contribution in [0.4, 0.5) is 4.79 Å². The molecule has 1 heterocycles. The average Bonchev–Trinajstić information content (AvgIpc) is 3.44. The molecule has 3 rings (SSSR count). The van der Waals surface area contributed by atoms with Crippen LogP contribution in [0.3, 0.4) is 0 Å². The zero-order chi connectivity index (χ0) is 33.5. The van der Waals surface area contributed by atoms with Gasteiger partial charge in [-0.05, 0) is 42.0 Å². The third-order valence-electron chi connectivity index (χ3n) is 7.45. The van der Waals surface area contributed by atoms with Crippen molar-refractivity contribution in [3.63, 3.8) is 0 Å². The minimum atomic E-state index is -1.58. The van der Waals surface area contributed by atoms with Gasteiger partial charge >= 0.3 is 12.1 Å². The first-order chi connectivity index (χ1) is 22.1. The van der Waals surface area contributed by atoms with Crippen LogP contribution in [0.15, 0.2) is 72.8 Å². The van der Waals surface area contributed by atoms with E-state index in [0.717, 1.165) is 29.5 Å². The standard InChI is InChI=1S/C35H43NO10/c1-24(2)31-23-45-35(42)36(31)34(41)30(19-26-11-6-4-7-12-26)33(46-25(3)38)32(40)17-16-28(39)15-10-18-43-22-29(20-37)44-21-27-13-8-5-9-14-27/h4-9,11-14,16-17,24,29-31,33,37H,10,15,18-23H2,1-3H3/t29-,30+,31-,33+/m1/s1. The highest BCUT2D eigenvalue weighted by molar-refractivity contribution is 6.04. The highest BCUT2D eigenvalue weighted by atomic mass is 16.6. The molecule has 2 aromatic rings. The fraction of sp³-hybridized carbons (Fsp3) is 0.457. The summed E-state index contributed by atoms with van der Waals surface area (Å²) in [5, 5.41) is 9.56. The second-order valence-corrected chi connectivity index (χ2v) is 11.4. The van der Waals surface area contributed by atoms with E-state index >= 15 is 0 Å². The minimum Gasteiger partial charge on any atom is -0.453 e. The number of nitrogens with zero attached hydrogens (tertiary/aromatic N) is 1. The first kappa shape index (κ1) is 36.3. The van der Waals surface area contributed by atoms with Gasteiger partial charge in [0.25, 0.3) is 0 Å². The van der Waals surface area contributed by atoms with Gasteiger partial charge in [0.1, 0.15) is 12.7 Å². The molecule has 1 aliphatic rings. The van der Waals surface area contributed by atoms with E-state index in [1.54, 1.807) is 30.3 Å². The summed E-state index contributed by atoms with van der Waals surface area (Å²) in [6, 6.07) is 17.8. The number of carbonyl (C=O) groups is 5. The van der Waals surface area contributed by atoms with E-state index in [0.29, 0.717) is 18.6 Å². The Balaban J connectivity index is 1.61. The maximum atomic E-state index is 13.9. The SMILES string of the molecule is CC(=O)O[C@H](C(=O)C=CC(=O)CCCOC[C@@H](CO)OCc1ccccc1)[C@H](Cc1ccccc1)C(=O)N1C(=O)OC[C@@H]1C(C)C. The van der Waals surface area contributed by atoms with E-state index in [2.05, 4.69) is 0 Å². The number of aliphatic hydroxyl groups is 1. The van der Waals surface area contributed by atoms with Crippen LogP contribution in [-0.2, 0) is 51.2 Å². The number of allylic oxidation sites excluding steroid dienone is 1. The Morgan fingerprint density at radius 3 is 2.26 bits per heavy atom. The highest BCUT2D eigenvalue weighted by Gasteiger charge is 2.46. The average molecular weight is 638 g/mol. The molecular weight excluding hydrogens is 594 g/mol. The number of amides is 2. The smallest absolute Gasteiger partial charge is 0.416 e. The van der Waals surface area contributed by atoms with E-state index in [4.69, 9.17) is 18.9 Å². The van der Waals surface area contributed by atoms with Crippen LogP contribution < -0.4 is 0 Å². The van der Waals surface area contributed by atoms with Crippen molar-refractivity contribution in [1.82, 2.24) is 4.90 Å². The molecule has 4 atom stereocenters. The van der Waals surface area contributed by atoms with Gasteiger partial charge in [-0.15, -0.1) is 0 Å². The molecule has 248 valence electrons. The van der Waals surface area contributed by atoms with Crippen molar-refractivity contribution in [3.05, 3.63) is 83.9 Å². The lowest BCUT2D eigenvalue weighted by atomic mass is 9.89. The number of imide groups is 1. The van der Waals surface area contributed by atoms with Crippen LogP contribution >= 0.6 is 0 Å². The third-order valence-corrected chi connectivity index (χ3v) is 7.45. The van der Waals surface area contributed by atoms with Gasteiger partial charge in [0.15, 0.2) is 17.7 Å². The molecule has 0 unspecified atom stereocenters. The summed E-state index contributed by atoms with van der Waals surface area (Å²) in [6.07, 6.45) is -0.407. The Bertz CT molecular complexity index is 1330. The number of esters is 1. The number of ketones is 2. The van der Waals surface area contributed by atoms with E-state index < -0.39 is 47.9 Å². The predicted octanol–water partition coefficient (Wildman–Crippen LogP) is 3.85. The third kappa shape index (κ3) is 11.3. The summed E-state index contributed by atoms with van der Waals surface area (Å²) in [6.45, 7) is 5.32. The van der Waals surface area contributed by atoms with Gasteiger partial charge in [0.05, 0.1) is 31.8 Å². The zero-order valence-electron chi connectivity index (χ0n) is 26.5. The second-order valence-electron chi connectivity index (χ2n) is 11.4. The number of rotatable bonds is 19. The normalized spacial score (nSPS) is 16.7. The summed E-state index contributed by atoms with van der Waals surface area (Å²) >= 11 is 0. The Kier molecular flexibility index (Phi) is 14.7. The molecule has 11 nitrogen and oxygen atoms in total. The number of aliphatic hydroxyl groups excluding tert-OH is 1. The topological polar surface area (TPSA) is 146 Å². The number of ether oxygens (including phenoxy) is 4. The lowest BCUT2D eigenvalue weighted by Crippen LogP contribution is -2.50. The number of benzene rings is 2. The van der Waals surface area contributed by atoms with Crippen molar-refractivity contribution in [1.29, 1.82) is 0 Å². The molecule has 0 radical (unpaired) electrons. The summed E-state index contributed by atoms with van der Waals surface area (Å²) in [5.74, 6) is -3.98. The van der Waals surface area contributed by atoms with Gasteiger partial charge in [-0.1, -0.05) is 74.5 Å². The largest absolute Gasteiger partial charge is 0.453 e. The maximum absolute atomic E-state index is 13.9. The molecule has 1 N–H and O–H groups in total. The van der Waals surface area contributed by atoms with Crippen LogP contribution in [0.1, 0.15) is 44.7 Å². The van der Waals surface area contributed by atoms with Crippen LogP contribution in [0.5, 0.6) is 0 Å². The van der Waals surface area contributed by atoms with E-state index in [1.165, 1.54) is 0 Å². The minimum absolute atomic E-state index is 0.000970. The molecule has 0 aromatic heterocycles. The van der Waals surface area contributed by atoms with Crippen LogP contribution in [0.25, 0.3) is 0 Å². The lowest BCUT2D eigenvalue weighted by molar-refractivity contribution is -0.159. The van der Waals surface area contributed by atoms with Crippen molar-refractivity contribution in [2.75, 3.05) is 26.4 Å². The van der Waals surface area contributed by atoms with Gasteiger partial charge in [-0.25, -0.2) is 9.69 Å². The Morgan fingerprint density at radius 2 is 1.65 bits per heavy atom. The molecular formula is C35H43NO10. The molecule has 0 bridgehead atoms. The molecule has 2 aromatic carbocycles. The van der Waals surface area contributed by atoms with Crippen LogP contribution in [-0.4, -0.2) is 84.2 Å². The van der Waals surface area contributed by atoms with Crippen molar-refractivity contribution in [2.45, 2.75) is 64.9 Å². The number of cyclic esters (lactones) is 1. The van der Waals surface area contributed by atoms with E-state index in [9.17, 15) is 29.1 Å². The molecule has 2 amide bonds. The van der Waals surface area contributed by atoms with Gasteiger partial charge in [0.2, 0.25) is 5.91 Å². The lowest BCUT2D eigenvalue weighted by Gasteiger charge is -2.30. The molecule has 0 saturated carbocycles. The van der Waals surface area contributed by atoms with E-state index in [-0.39, 0.29) is 51.0 Å². The summed E-state index contributed by atoms with van der Waals surface area (Å²) in [4.78, 5) is 65.6. The van der Waals surface area contributed by atoms with Gasteiger partial charge in [-0.3, -0.25) is 19.2 Å². The Labute approximate surface area is 269 Å². The maximum Gasteiger partial charge on any atom is 0.416 e. The van der Waals surface area contributed by atoms with Gasteiger partial charge < -0.3 is 24.1 Å². The van der Waals surface area contributed by atoms with Gasteiger partial charge in [-0.2, -0.15) is 0 Å². The fourth-order valence-electron chi connectivity index (χ4n) is 4.93.